The van der Waals surface area contributed by atoms with Gasteiger partial charge in [-0.05, 0) is 61.6 Å². The summed E-state index contributed by atoms with van der Waals surface area (Å²) in [7, 11) is 1.96. The lowest BCUT2D eigenvalue weighted by Gasteiger charge is -2.35. The highest BCUT2D eigenvalue weighted by Gasteiger charge is 2.34. The van der Waals surface area contributed by atoms with E-state index in [1.807, 2.05) is 30.4 Å². The zero-order valence-electron chi connectivity index (χ0n) is 17.9. The Morgan fingerprint density at radius 1 is 1.13 bits per heavy atom. The summed E-state index contributed by atoms with van der Waals surface area (Å²) in [5.74, 6) is 0.130. The molecule has 2 aromatic carbocycles. The van der Waals surface area contributed by atoms with Crippen LogP contribution in [0.2, 0.25) is 0 Å². The number of likely N-dealkylation sites (N-methyl/N-ethyl adjacent to an activating group) is 1. The van der Waals surface area contributed by atoms with E-state index in [4.69, 9.17) is 0 Å². The second-order valence-electron chi connectivity index (χ2n) is 9.00. The summed E-state index contributed by atoms with van der Waals surface area (Å²) in [6.45, 7) is 4.99. The molecule has 1 aliphatic carbocycles. The Balaban J connectivity index is 1.24. The number of imidazole rings is 1. The molecule has 1 aliphatic heterocycles. The highest BCUT2D eigenvalue weighted by molar-refractivity contribution is 5.94. The molecule has 0 N–H and O–H groups in total. The number of fused-ring (bicyclic) bond motifs is 1. The maximum Gasteiger partial charge on any atom is 0.253 e. The van der Waals surface area contributed by atoms with Gasteiger partial charge in [-0.3, -0.25) is 9.69 Å². The van der Waals surface area contributed by atoms with Crippen LogP contribution in [0.3, 0.4) is 0 Å². The van der Waals surface area contributed by atoms with Crippen LogP contribution in [-0.2, 0) is 6.54 Å². The van der Waals surface area contributed by atoms with Gasteiger partial charge in [-0.2, -0.15) is 0 Å². The van der Waals surface area contributed by atoms with Gasteiger partial charge in [0.15, 0.2) is 0 Å². The summed E-state index contributed by atoms with van der Waals surface area (Å²) in [6, 6.07) is 15.5. The van der Waals surface area contributed by atoms with Crippen molar-refractivity contribution in [3.63, 3.8) is 0 Å². The predicted molar refractivity (Wildman–Crippen MR) is 120 cm³/mol. The smallest absolute Gasteiger partial charge is 0.253 e. The van der Waals surface area contributed by atoms with E-state index >= 15 is 0 Å². The first-order valence-corrected chi connectivity index (χ1v) is 11.1. The third kappa shape index (κ3) is 3.63. The van der Waals surface area contributed by atoms with Crippen LogP contribution in [-0.4, -0.2) is 57.5 Å². The Kier molecular flexibility index (Phi) is 5.07. The van der Waals surface area contributed by atoms with Crippen molar-refractivity contribution in [2.24, 2.45) is 0 Å². The normalized spacial score (nSPS) is 19.9. The molecule has 2 heterocycles. The fourth-order valence-electron chi connectivity index (χ4n) is 4.79. The number of likely N-dealkylation sites (tertiary alicyclic amines) is 1. The summed E-state index contributed by atoms with van der Waals surface area (Å²) < 4.78 is 2.16. The van der Waals surface area contributed by atoms with Crippen molar-refractivity contribution in [3.05, 3.63) is 65.5 Å². The van der Waals surface area contributed by atoms with Crippen molar-refractivity contribution in [1.82, 2.24) is 19.4 Å². The van der Waals surface area contributed by atoms with Gasteiger partial charge >= 0.3 is 0 Å². The van der Waals surface area contributed by atoms with Crippen LogP contribution < -0.4 is 0 Å². The summed E-state index contributed by atoms with van der Waals surface area (Å²) in [4.78, 5) is 22.1. The summed E-state index contributed by atoms with van der Waals surface area (Å²) in [5, 5.41) is 0. The van der Waals surface area contributed by atoms with Gasteiger partial charge in [-0.15, -0.1) is 0 Å². The summed E-state index contributed by atoms with van der Waals surface area (Å²) in [5.41, 5.74) is 5.33. The van der Waals surface area contributed by atoms with Crippen molar-refractivity contribution >= 4 is 16.9 Å². The number of carbonyl (C=O) groups excluding carboxylic acids is 1. The first-order valence-electron chi connectivity index (χ1n) is 11.1. The van der Waals surface area contributed by atoms with Gasteiger partial charge in [-0.25, -0.2) is 4.98 Å². The van der Waals surface area contributed by atoms with E-state index in [1.165, 1.54) is 30.4 Å². The Labute approximate surface area is 178 Å². The molecule has 1 atom stereocenters. The molecule has 1 amide bonds. The molecular formula is C25H30N4O. The van der Waals surface area contributed by atoms with Gasteiger partial charge in [0, 0.05) is 44.3 Å². The maximum atomic E-state index is 13.0. The van der Waals surface area contributed by atoms with Gasteiger partial charge in [0.05, 0.1) is 17.4 Å². The maximum absolute atomic E-state index is 13.0. The first-order chi connectivity index (χ1) is 14.6. The average molecular weight is 403 g/mol. The number of benzene rings is 2. The monoisotopic (exact) mass is 402 g/mol. The summed E-state index contributed by atoms with van der Waals surface area (Å²) >= 11 is 0. The molecule has 30 heavy (non-hydrogen) atoms. The van der Waals surface area contributed by atoms with E-state index in [1.54, 1.807) is 0 Å². The highest BCUT2D eigenvalue weighted by atomic mass is 16.2. The van der Waals surface area contributed by atoms with Crippen molar-refractivity contribution in [3.8, 4) is 0 Å². The fraction of sp³-hybridized carbons (Fsp3) is 0.440. The molecule has 0 bridgehead atoms. The van der Waals surface area contributed by atoms with Gasteiger partial charge in [0.1, 0.15) is 0 Å². The van der Waals surface area contributed by atoms with Gasteiger partial charge in [0.25, 0.3) is 5.91 Å². The van der Waals surface area contributed by atoms with Crippen LogP contribution in [0.4, 0.5) is 0 Å². The quantitative estimate of drug-likeness (QED) is 0.645. The number of aromatic nitrogens is 2. The number of nitrogens with zero attached hydrogens (tertiary/aromatic N) is 4. The van der Waals surface area contributed by atoms with Crippen molar-refractivity contribution in [2.75, 3.05) is 20.1 Å². The van der Waals surface area contributed by atoms with Crippen LogP contribution in [0.1, 0.15) is 47.2 Å². The van der Waals surface area contributed by atoms with Crippen LogP contribution in [0.5, 0.6) is 0 Å². The molecule has 156 valence electrons. The Morgan fingerprint density at radius 2 is 1.93 bits per heavy atom. The number of carbonyl (C=O) groups is 1. The van der Waals surface area contributed by atoms with Gasteiger partial charge in [0.2, 0.25) is 0 Å². The molecule has 5 heteroatoms. The van der Waals surface area contributed by atoms with E-state index < -0.39 is 0 Å². The molecular weight excluding hydrogens is 372 g/mol. The van der Waals surface area contributed by atoms with E-state index in [0.29, 0.717) is 6.04 Å². The topological polar surface area (TPSA) is 41.4 Å². The van der Waals surface area contributed by atoms with Crippen LogP contribution in [0, 0.1) is 6.92 Å². The van der Waals surface area contributed by atoms with Crippen molar-refractivity contribution in [1.29, 1.82) is 0 Å². The number of rotatable bonds is 5. The van der Waals surface area contributed by atoms with E-state index in [0.717, 1.165) is 48.7 Å². The molecule has 5 rings (SSSR count). The minimum Gasteiger partial charge on any atom is -0.337 e. The molecule has 1 unspecified atom stereocenters. The van der Waals surface area contributed by atoms with E-state index in [9.17, 15) is 4.79 Å². The van der Waals surface area contributed by atoms with Crippen LogP contribution in [0.25, 0.3) is 11.0 Å². The first kappa shape index (κ1) is 19.3. The third-order valence-electron chi connectivity index (χ3n) is 6.98. The van der Waals surface area contributed by atoms with E-state index in [-0.39, 0.29) is 5.91 Å². The van der Waals surface area contributed by atoms with E-state index in [2.05, 4.69) is 51.7 Å². The largest absolute Gasteiger partial charge is 0.337 e. The molecule has 2 fully saturated rings. The zero-order valence-corrected chi connectivity index (χ0v) is 17.9. The second-order valence-corrected chi connectivity index (χ2v) is 9.00. The molecule has 3 aromatic rings. The predicted octanol–water partition coefficient (Wildman–Crippen LogP) is 4.09. The minimum atomic E-state index is 0.130. The molecule has 0 radical (unpaired) electrons. The molecule has 2 aliphatic rings. The Hall–Kier alpha value is -2.66. The standard InChI is InChI=1S/C25H30N4O/c1-18-6-11-24-23(14-18)26-17-29(24)15-19-7-9-20(10-8-19)25(30)27(2)22-12-13-28(16-22)21-4-3-5-21/h6-11,14,17,21-22H,3-5,12-13,15-16H2,1-2H3. The average Bonchev–Trinajstić information content (AvgIpc) is 3.34. The third-order valence-corrected chi connectivity index (χ3v) is 6.98. The lowest BCUT2D eigenvalue weighted by Crippen LogP contribution is -2.43. The van der Waals surface area contributed by atoms with Crippen LogP contribution in [0.15, 0.2) is 48.8 Å². The molecule has 1 saturated carbocycles. The Bertz CT molecular complexity index is 1050. The SMILES string of the molecule is Cc1ccc2c(c1)ncn2Cc1ccc(C(=O)N(C)C2CCN(C3CCC3)C2)cc1. The second kappa shape index (κ2) is 7.88. The number of hydrogen-bond acceptors (Lipinski definition) is 3. The number of aryl methyl sites for hydroxylation is 1. The zero-order chi connectivity index (χ0) is 20.7. The van der Waals surface area contributed by atoms with Crippen molar-refractivity contribution in [2.45, 2.75) is 51.2 Å². The highest BCUT2D eigenvalue weighted by Crippen LogP contribution is 2.29. The van der Waals surface area contributed by atoms with Crippen LogP contribution >= 0.6 is 0 Å². The number of hydrogen-bond donors (Lipinski definition) is 0. The molecule has 1 saturated heterocycles. The number of amides is 1. The molecule has 1 aromatic heterocycles. The van der Waals surface area contributed by atoms with Gasteiger partial charge < -0.3 is 9.47 Å². The fourth-order valence-corrected chi connectivity index (χ4v) is 4.79. The lowest BCUT2D eigenvalue weighted by molar-refractivity contribution is 0.0720. The molecule has 0 spiro atoms. The van der Waals surface area contributed by atoms with Crippen molar-refractivity contribution < 1.29 is 4.79 Å². The Morgan fingerprint density at radius 3 is 2.67 bits per heavy atom. The summed E-state index contributed by atoms with van der Waals surface area (Å²) in [6.07, 6.45) is 7.01. The lowest BCUT2D eigenvalue weighted by atomic mass is 9.92. The minimum absolute atomic E-state index is 0.130. The van der Waals surface area contributed by atoms with Gasteiger partial charge in [-0.1, -0.05) is 24.6 Å². The molecule has 5 nitrogen and oxygen atoms in total.